The van der Waals surface area contributed by atoms with Crippen molar-refractivity contribution in [2.45, 2.75) is 31.3 Å². The first-order chi connectivity index (χ1) is 8.13. The maximum absolute atomic E-state index is 10.3. The van der Waals surface area contributed by atoms with E-state index in [0.717, 1.165) is 31.5 Å². The van der Waals surface area contributed by atoms with Crippen LogP contribution in [0.3, 0.4) is 0 Å². The van der Waals surface area contributed by atoms with Crippen molar-refractivity contribution in [2.75, 3.05) is 23.9 Å². The zero-order chi connectivity index (χ0) is 12.3. The maximum atomic E-state index is 10.3. The average molecular weight is 237 g/mol. The first kappa shape index (κ1) is 12.1. The van der Waals surface area contributed by atoms with E-state index in [0.29, 0.717) is 12.4 Å². The summed E-state index contributed by atoms with van der Waals surface area (Å²) in [5.41, 5.74) is 1.91. The summed E-state index contributed by atoms with van der Waals surface area (Å²) >= 11 is 0. The number of rotatable bonds is 4. The number of nitrogens with one attached hydrogen (secondary N) is 1. The lowest BCUT2D eigenvalue weighted by atomic mass is 10.0. The minimum absolute atomic E-state index is 0.570. The van der Waals surface area contributed by atoms with Gasteiger partial charge in [-0.3, -0.25) is 0 Å². The molecule has 1 aliphatic rings. The van der Waals surface area contributed by atoms with Crippen LogP contribution in [0.5, 0.6) is 0 Å². The lowest BCUT2D eigenvalue weighted by molar-refractivity contribution is 0.0558. The minimum Gasteiger partial charge on any atom is -0.388 e. The van der Waals surface area contributed by atoms with Crippen LogP contribution in [-0.2, 0) is 0 Å². The van der Waals surface area contributed by atoms with E-state index in [1.807, 2.05) is 11.9 Å². The summed E-state index contributed by atoms with van der Waals surface area (Å²) in [6.45, 7) is 0.591. The molecule has 1 aromatic heterocycles. The van der Waals surface area contributed by atoms with E-state index >= 15 is 0 Å². The van der Waals surface area contributed by atoms with E-state index in [-0.39, 0.29) is 0 Å². The van der Waals surface area contributed by atoms with Gasteiger partial charge >= 0.3 is 0 Å². The Kier molecular flexibility index (Phi) is 3.44. The summed E-state index contributed by atoms with van der Waals surface area (Å²) in [6, 6.07) is 1.76. The van der Waals surface area contributed by atoms with Crippen LogP contribution in [-0.4, -0.2) is 34.3 Å². The van der Waals surface area contributed by atoms with Gasteiger partial charge in [0.05, 0.1) is 5.60 Å². The second-order valence-electron chi connectivity index (χ2n) is 4.69. The van der Waals surface area contributed by atoms with Gasteiger partial charge in [0.25, 0.3) is 0 Å². The number of nitrogens with two attached hydrogens (primary N) is 1. The van der Waals surface area contributed by atoms with Crippen LogP contribution < -0.4 is 16.2 Å². The molecular formula is C11H19N5O. The van der Waals surface area contributed by atoms with Crippen LogP contribution in [0.2, 0.25) is 0 Å². The molecule has 94 valence electrons. The number of likely N-dealkylation sites (N-methyl/N-ethyl adjacent to an activating group) is 1. The number of hydrazine groups is 1. The van der Waals surface area contributed by atoms with Crippen molar-refractivity contribution in [3.63, 3.8) is 0 Å². The van der Waals surface area contributed by atoms with Crippen molar-refractivity contribution in [1.82, 2.24) is 9.97 Å². The highest BCUT2D eigenvalue weighted by Crippen LogP contribution is 2.30. The number of nitrogens with zero attached hydrogens (tertiary/aromatic N) is 3. The largest absolute Gasteiger partial charge is 0.388 e. The van der Waals surface area contributed by atoms with Crippen LogP contribution >= 0.6 is 0 Å². The molecule has 0 bridgehead atoms. The zero-order valence-electron chi connectivity index (χ0n) is 10.1. The molecule has 17 heavy (non-hydrogen) atoms. The molecule has 2 rings (SSSR count). The molecule has 0 radical (unpaired) electrons. The van der Waals surface area contributed by atoms with Crippen molar-refractivity contribution in [3.8, 4) is 0 Å². The first-order valence-corrected chi connectivity index (χ1v) is 5.85. The Bertz CT molecular complexity index is 378. The van der Waals surface area contributed by atoms with Gasteiger partial charge in [0.15, 0.2) is 0 Å². The summed E-state index contributed by atoms with van der Waals surface area (Å²) in [6.07, 6.45) is 5.39. The van der Waals surface area contributed by atoms with Gasteiger partial charge in [0.1, 0.15) is 18.0 Å². The molecule has 4 N–H and O–H groups in total. The van der Waals surface area contributed by atoms with E-state index in [1.165, 1.54) is 6.33 Å². The Morgan fingerprint density at radius 3 is 2.82 bits per heavy atom. The van der Waals surface area contributed by atoms with Crippen molar-refractivity contribution >= 4 is 11.6 Å². The van der Waals surface area contributed by atoms with Gasteiger partial charge in [0, 0.05) is 19.7 Å². The molecule has 0 aromatic carbocycles. The van der Waals surface area contributed by atoms with E-state index < -0.39 is 5.60 Å². The molecule has 0 unspecified atom stereocenters. The smallest absolute Gasteiger partial charge is 0.145 e. The zero-order valence-corrected chi connectivity index (χ0v) is 10.1. The fourth-order valence-electron chi connectivity index (χ4n) is 2.35. The molecule has 0 spiro atoms. The fourth-order valence-corrected chi connectivity index (χ4v) is 2.35. The van der Waals surface area contributed by atoms with Gasteiger partial charge in [-0.1, -0.05) is 12.8 Å². The van der Waals surface area contributed by atoms with Gasteiger partial charge in [-0.25, -0.2) is 15.8 Å². The molecule has 6 heteroatoms. The third-order valence-electron chi connectivity index (χ3n) is 3.26. The van der Waals surface area contributed by atoms with Crippen LogP contribution in [0, 0.1) is 0 Å². The topological polar surface area (TPSA) is 87.3 Å². The normalized spacial score (nSPS) is 18.1. The second-order valence-corrected chi connectivity index (χ2v) is 4.69. The third kappa shape index (κ3) is 2.83. The van der Waals surface area contributed by atoms with Gasteiger partial charge in [0.2, 0.25) is 0 Å². The SMILES string of the molecule is CN(CC1(O)CCCC1)c1cc(NN)ncn1. The van der Waals surface area contributed by atoms with Gasteiger partial charge < -0.3 is 15.4 Å². The molecule has 0 amide bonds. The molecule has 1 heterocycles. The van der Waals surface area contributed by atoms with Gasteiger partial charge in [-0.05, 0) is 12.8 Å². The Hall–Kier alpha value is -1.40. The quantitative estimate of drug-likeness (QED) is 0.522. The Morgan fingerprint density at radius 2 is 2.18 bits per heavy atom. The second kappa shape index (κ2) is 4.85. The number of nitrogen functional groups attached to an aromatic ring is 1. The third-order valence-corrected chi connectivity index (χ3v) is 3.26. The fraction of sp³-hybridized carbons (Fsp3) is 0.636. The van der Waals surface area contributed by atoms with Crippen LogP contribution in [0.25, 0.3) is 0 Å². The van der Waals surface area contributed by atoms with Crippen LogP contribution in [0.15, 0.2) is 12.4 Å². The Labute approximate surface area is 101 Å². The van der Waals surface area contributed by atoms with Crippen molar-refractivity contribution in [1.29, 1.82) is 0 Å². The van der Waals surface area contributed by atoms with E-state index in [4.69, 9.17) is 5.84 Å². The average Bonchev–Trinajstić information content (AvgIpc) is 2.76. The molecule has 6 nitrogen and oxygen atoms in total. The summed E-state index contributed by atoms with van der Waals surface area (Å²) in [7, 11) is 1.92. The minimum atomic E-state index is -0.573. The lowest BCUT2D eigenvalue weighted by Crippen LogP contribution is -2.39. The Balaban J connectivity index is 2.05. The highest BCUT2D eigenvalue weighted by Gasteiger charge is 2.32. The molecule has 1 saturated carbocycles. The van der Waals surface area contributed by atoms with E-state index in [2.05, 4.69) is 15.4 Å². The van der Waals surface area contributed by atoms with Crippen molar-refractivity contribution in [2.24, 2.45) is 5.84 Å². The molecule has 1 aromatic rings. The van der Waals surface area contributed by atoms with Crippen LogP contribution in [0.4, 0.5) is 11.6 Å². The van der Waals surface area contributed by atoms with E-state index in [1.54, 1.807) is 6.07 Å². The van der Waals surface area contributed by atoms with Crippen molar-refractivity contribution < 1.29 is 5.11 Å². The van der Waals surface area contributed by atoms with E-state index in [9.17, 15) is 5.11 Å². The Morgan fingerprint density at radius 1 is 1.47 bits per heavy atom. The molecule has 1 aliphatic carbocycles. The number of hydrogen-bond donors (Lipinski definition) is 3. The molecule has 0 atom stereocenters. The number of anilines is 2. The van der Waals surface area contributed by atoms with Gasteiger partial charge in [-0.15, -0.1) is 0 Å². The molecule has 0 aliphatic heterocycles. The molecular weight excluding hydrogens is 218 g/mol. The number of aliphatic hydroxyl groups is 1. The highest BCUT2D eigenvalue weighted by molar-refractivity contribution is 5.47. The monoisotopic (exact) mass is 237 g/mol. The predicted molar refractivity (Wildman–Crippen MR) is 66.5 cm³/mol. The highest BCUT2D eigenvalue weighted by atomic mass is 16.3. The molecule has 1 fully saturated rings. The van der Waals surface area contributed by atoms with Crippen molar-refractivity contribution in [3.05, 3.63) is 12.4 Å². The first-order valence-electron chi connectivity index (χ1n) is 5.85. The number of aromatic nitrogens is 2. The van der Waals surface area contributed by atoms with Crippen LogP contribution in [0.1, 0.15) is 25.7 Å². The lowest BCUT2D eigenvalue weighted by Gasteiger charge is -2.29. The summed E-state index contributed by atoms with van der Waals surface area (Å²) in [4.78, 5) is 10.1. The summed E-state index contributed by atoms with van der Waals surface area (Å²) in [5, 5.41) is 10.3. The number of hydrogen-bond acceptors (Lipinski definition) is 6. The molecule has 0 saturated heterocycles. The summed E-state index contributed by atoms with van der Waals surface area (Å²) < 4.78 is 0. The standard InChI is InChI=1S/C11H19N5O/c1-16(7-11(17)4-2-3-5-11)10-6-9(15-12)13-8-14-10/h6,8,17H,2-5,7,12H2,1H3,(H,13,14,15). The summed E-state index contributed by atoms with van der Waals surface area (Å²) in [5.74, 6) is 6.63. The van der Waals surface area contributed by atoms with Gasteiger partial charge in [-0.2, -0.15) is 0 Å². The predicted octanol–water partition coefficient (Wildman–Crippen LogP) is 0.503. The maximum Gasteiger partial charge on any atom is 0.145 e.